The molecule has 2 heterocycles. The number of hydrogen-bond acceptors (Lipinski definition) is 4. The normalized spacial score (nSPS) is 16.1. The molecule has 0 aliphatic carbocycles. The van der Waals surface area contributed by atoms with Crippen molar-refractivity contribution in [3.05, 3.63) is 69.0 Å². The predicted molar refractivity (Wildman–Crippen MR) is 97.5 cm³/mol. The second kappa shape index (κ2) is 7.22. The molecule has 2 aromatic rings. The average molecular weight is 371 g/mol. The SMILES string of the molecule is Cn1c(=O)ccn(CC(=O)N2CCC(C(=O)O)(c3ccccc3)CC2)c1=O. The van der Waals surface area contributed by atoms with Gasteiger partial charge in [0.25, 0.3) is 5.56 Å². The second-order valence-corrected chi connectivity index (χ2v) is 6.76. The number of piperidine rings is 1. The van der Waals surface area contributed by atoms with E-state index >= 15 is 0 Å². The van der Waals surface area contributed by atoms with Gasteiger partial charge in [0.2, 0.25) is 5.91 Å². The van der Waals surface area contributed by atoms with E-state index < -0.39 is 22.6 Å². The first-order chi connectivity index (χ1) is 12.8. The number of aliphatic carboxylic acids is 1. The summed E-state index contributed by atoms with van der Waals surface area (Å²) in [6.45, 7) is 0.402. The summed E-state index contributed by atoms with van der Waals surface area (Å²) in [6.07, 6.45) is 1.92. The number of benzene rings is 1. The van der Waals surface area contributed by atoms with Crippen LogP contribution >= 0.6 is 0 Å². The van der Waals surface area contributed by atoms with Gasteiger partial charge >= 0.3 is 11.7 Å². The van der Waals surface area contributed by atoms with Gasteiger partial charge < -0.3 is 10.0 Å². The number of likely N-dealkylation sites (tertiary alicyclic amines) is 1. The lowest BCUT2D eigenvalue weighted by Crippen LogP contribution is -2.50. The van der Waals surface area contributed by atoms with E-state index in [9.17, 15) is 24.3 Å². The Balaban J connectivity index is 1.74. The van der Waals surface area contributed by atoms with Crippen molar-refractivity contribution in [2.75, 3.05) is 13.1 Å². The van der Waals surface area contributed by atoms with Gasteiger partial charge in [-0.3, -0.25) is 23.5 Å². The number of hydrogen-bond donors (Lipinski definition) is 1. The Morgan fingerprint density at radius 3 is 2.30 bits per heavy atom. The number of rotatable bonds is 4. The first kappa shape index (κ1) is 18.6. The molecular formula is C19H21N3O5. The van der Waals surface area contributed by atoms with Crippen molar-refractivity contribution in [1.29, 1.82) is 0 Å². The van der Waals surface area contributed by atoms with Gasteiger partial charge in [0.05, 0.1) is 5.41 Å². The fourth-order valence-electron chi connectivity index (χ4n) is 3.50. The van der Waals surface area contributed by atoms with E-state index in [-0.39, 0.29) is 12.5 Å². The number of carbonyl (C=O) groups is 2. The van der Waals surface area contributed by atoms with Crippen LogP contribution in [0.25, 0.3) is 0 Å². The van der Waals surface area contributed by atoms with Crippen LogP contribution in [-0.4, -0.2) is 44.1 Å². The third-order valence-corrected chi connectivity index (χ3v) is 5.27. The Hall–Kier alpha value is -3.16. The molecule has 1 N–H and O–H groups in total. The highest BCUT2D eigenvalue weighted by atomic mass is 16.4. The van der Waals surface area contributed by atoms with Crippen molar-refractivity contribution < 1.29 is 14.7 Å². The Morgan fingerprint density at radius 2 is 1.70 bits per heavy atom. The molecule has 0 unspecified atom stereocenters. The van der Waals surface area contributed by atoms with Crippen LogP contribution in [0.2, 0.25) is 0 Å². The van der Waals surface area contributed by atoms with E-state index in [2.05, 4.69) is 0 Å². The molecule has 1 amide bonds. The summed E-state index contributed by atoms with van der Waals surface area (Å²) in [7, 11) is 1.35. The minimum atomic E-state index is -1.01. The highest BCUT2D eigenvalue weighted by Crippen LogP contribution is 2.35. The monoisotopic (exact) mass is 371 g/mol. The van der Waals surface area contributed by atoms with Gasteiger partial charge in [0.15, 0.2) is 0 Å². The number of aromatic nitrogens is 2. The van der Waals surface area contributed by atoms with Crippen LogP contribution in [0.15, 0.2) is 52.2 Å². The van der Waals surface area contributed by atoms with Crippen LogP contribution in [0.1, 0.15) is 18.4 Å². The van der Waals surface area contributed by atoms with Gasteiger partial charge in [0.1, 0.15) is 6.54 Å². The molecule has 1 aromatic carbocycles. The second-order valence-electron chi connectivity index (χ2n) is 6.76. The zero-order valence-electron chi connectivity index (χ0n) is 15.0. The van der Waals surface area contributed by atoms with Gasteiger partial charge in [-0.25, -0.2) is 4.79 Å². The van der Waals surface area contributed by atoms with Gasteiger partial charge in [-0.1, -0.05) is 30.3 Å². The van der Waals surface area contributed by atoms with Gasteiger partial charge in [-0.05, 0) is 18.4 Å². The standard InChI is InChI=1S/C19H21N3O5/c1-20-15(23)7-10-22(18(20)27)13-16(24)21-11-8-19(9-12-21,17(25)26)14-5-3-2-4-6-14/h2-7,10H,8-9,11-13H2,1H3,(H,25,26). The average Bonchev–Trinajstić information content (AvgIpc) is 2.69. The predicted octanol–water partition coefficient (Wildman–Crippen LogP) is 0.192. The fourth-order valence-corrected chi connectivity index (χ4v) is 3.50. The molecule has 1 saturated heterocycles. The lowest BCUT2D eigenvalue weighted by molar-refractivity contribution is -0.148. The van der Waals surface area contributed by atoms with Crippen molar-refractivity contribution in [2.24, 2.45) is 7.05 Å². The molecule has 0 radical (unpaired) electrons. The molecule has 142 valence electrons. The summed E-state index contributed by atoms with van der Waals surface area (Å²) in [6, 6.07) is 10.3. The summed E-state index contributed by atoms with van der Waals surface area (Å²) in [5.74, 6) is -1.17. The number of carboxylic acid groups (broad SMARTS) is 1. The summed E-state index contributed by atoms with van der Waals surface area (Å²) in [5, 5.41) is 9.81. The number of carbonyl (C=O) groups excluding carboxylic acids is 1. The van der Waals surface area contributed by atoms with Crippen LogP contribution < -0.4 is 11.2 Å². The minimum absolute atomic E-state index is 0.182. The molecule has 27 heavy (non-hydrogen) atoms. The van der Waals surface area contributed by atoms with E-state index in [0.29, 0.717) is 25.9 Å². The van der Waals surface area contributed by atoms with E-state index in [4.69, 9.17) is 0 Å². The maximum atomic E-state index is 12.6. The summed E-state index contributed by atoms with van der Waals surface area (Å²) in [5.41, 5.74) is -1.27. The van der Waals surface area contributed by atoms with Crippen molar-refractivity contribution in [3.63, 3.8) is 0 Å². The molecule has 1 aromatic heterocycles. The van der Waals surface area contributed by atoms with Crippen LogP contribution in [0, 0.1) is 0 Å². The first-order valence-electron chi connectivity index (χ1n) is 8.68. The topological polar surface area (TPSA) is 102 Å². The maximum absolute atomic E-state index is 12.6. The third-order valence-electron chi connectivity index (χ3n) is 5.27. The van der Waals surface area contributed by atoms with Crippen LogP contribution in [0.3, 0.4) is 0 Å². The molecular weight excluding hydrogens is 350 g/mol. The first-order valence-corrected chi connectivity index (χ1v) is 8.68. The van der Waals surface area contributed by atoms with Gasteiger partial charge in [0, 0.05) is 32.4 Å². The largest absolute Gasteiger partial charge is 0.481 e. The molecule has 0 saturated carbocycles. The smallest absolute Gasteiger partial charge is 0.331 e. The highest BCUT2D eigenvalue weighted by Gasteiger charge is 2.43. The molecule has 0 bridgehead atoms. The Morgan fingerprint density at radius 1 is 1.07 bits per heavy atom. The highest BCUT2D eigenvalue weighted by molar-refractivity contribution is 5.82. The third kappa shape index (κ3) is 3.42. The molecule has 0 atom stereocenters. The molecule has 1 aliphatic rings. The van der Waals surface area contributed by atoms with E-state index in [1.165, 1.54) is 23.9 Å². The van der Waals surface area contributed by atoms with Crippen LogP contribution in [-0.2, 0) is 28.6 Å². The fraction of sp³-hybridized carbons (Fsp3) is 0.368. The maximum Gasteiger partial charge on any atom is 0.331 e. The molecule has 8 nitrogen and oxygen atoms in total. The summed E-state index contributed by atoms with van der Waals surface area (Å²) in [4.78, 5) is 49.6. The van der Waals surface area contributed by atoms with Crippen molar-refractivity contribution in [2.45, 2.75) is 24.8 Å². The zero-order chi connectivity index (χ0) is 19.6. The minimum Gasteiger partial charge on any atom is -0.481 e. The number of amides is 1. The lowest BCUT2D eigenvalue weighted by atomic mass is 9.73. The molecule has 0 spiro atoms. The summed E-state index contributed by atoms with van der Waals surface area (Å²) >= 11 is 0. The Bertz CT molecular complexity index is 969. The van der Waals surface area contributed by atoms with Crippen molar-refractivity contribution in [1.82, 2.24) is 14.0 Å². The van der Waals surface area contributed by atoms with Crippen molar-refractivity contribution >= 4 is 11.9 Å². The van der Waals surface area contributed by atoms with E-state index in [1.54, 1.807) is 17.0 Å². The van der Waals surface area contributed by atoms with Crippen LogP contribution in [0.5, 0.6) is 0 Å². The van der Waals surface area contributed by atoms with Gasteiger partial charge in [-0.2, -0.15) is 0 Å². The number of carboxylic acids is 1. The quantitative estimate of drug-likeness (QED) is 0.827. The summed E-state index contributed by atoms with van der Waals surface area (Å²) < 4.78 is 2.12. The molecule has 3 rings (SSSR count). The van der Waals surface area contributed by atoms with Crippen molar-refractivity contribution in [3.8, 4) is 0 Å². The van der Waals surface area contributed by atoms with Gasteiger partial charge in [-0.15, -0.1) is 0 Å². The zero-order valence-corrected chi connectivity index (χ0v) is 15.0. The van der Waals surface area contributed by atoms with E-state index in [1.807, 2.05) is 18.2 Å². The van der Waals surface area contributed by atoms with Crippen LogP contribution in [0.4, 0.5) is 0 Å². The molecule has 1 fully saturated rings. The Kier molecular flexibility index (Phi) is 4.98. The lowest BCUT2D eigenvalue weighted by Gasteiger charge is -2.39. The number of nitrogens with zero attached hydrogens (tertiary/aromatic N) is 3. The molecule has 1 aliphatic heterocycles. The molecule has 8 heteroatoms. The van der Waals surface area contributed by atoms with E-state index in [0.717, 1.165) is 10.1 Å². The Labute approximate surface area is 155 Å².